The number of fused-ring (bicyclic) bond motifs is 1. The molecule has 0 radical (unpaired) electrons. The van der Waals surface area contributed by atoms with Gasteiger partial charge in [-0.15, -0.1) is 0 Å². The Kier molecular flexibility index (Phi) is 2.60. The van der Waals surface area contributed by atoms with Crippen molar-refractivity contribution < 1.29 is 14.3 Å². The topological polar surface area (TPSA) is 59.0 Å². The van der Waals surface area contributed by atoms with Gasteiger partial charge in [0, 0.05) is 5.70 Å². The van der Waals surface area contributed by atoms with E-state index in [9.17, 15) is 9.59 Å². The molecule has 0 aromatic carbocycles. The molecule has 0 bridgehead atoms. The molecule has 2 aliphatic rings. The average molecular weight is 220 g/mol. The number of hydrogen-bond acceptors (Lipinski definition) is 4. The molecular weight excluding hydrogens is 208 g/mol. The predicted octanol–water partition coefficient (Wildman–Crippen LogP) is 0.632. The molecule has 2 aliphatic heterocycles. The fourth-order valence-electron chi connectivity index (χ4n) is 1.75. The summed E-state index contributed by atoms with van der Waals surface area (Å²) in [7, 11) is 0. The molecule has 0 saturated carbocycles. The van der Waals surface area contributed by atoms with Gasteiger partial charge in [0.25, 0.3) is 5.91 Å². The van der Waals surface area contributed by atoms with Gasteiger partial charge in [-0.3, -0.25) is 4.79 Å². The Morgan fingerprint density at radius 3 is 3.06 bits per heavy atom. The normalized spacial score (nSPS) is 22.8. The molecule has 1 unspecified atom stereocenters. The van der Waals surface area contributed by atoms with Crippen molar-refractivity contribution in [2.75, 3.05) is 6.61 Å². The highest BCUT2D eigenvalue weighted by Crippen LogP contribution is 2.22. The average Bonchev–Trinajstić information content (AvgIpc) is 2.56. The van der Waals surface area contributed by atoms with Gasteiger partial charge in [-0.25, -0.2) is 4.79 Å². The lowest BCUT2D eigenvalue weighted by molar-refractivity contribution is -0.149. The molecule has 0 aromatic rings. The number of carbonyl (C=O) groups excluding carboxylic acids is 2. The maximum atomic E-state index is 11.6. The molecule has 1 atom stereocenters. The third kappa shape index (κ3) is 1.54. The minimum atomic E-state index is -0.948. The van der Waals surface area contributed by atoms with E-state index in [4.69, 9.17) is 4.74 Å². The zero-order valence-electron chi connectivity index (χ0n) is 9.14. The van der Waals surface area contributed by atoms with Gasteiger partial charge in [-0.1, -0.05) is 6.08 Å². The number of nitrogens with zero attached hydrogens (tertiary/aromatic N) is 2. The second kappa shape index (κ2) is 3.92. The van der Waals surface area contributed by atoms with E-state index < -0.39 is 17.9 Å². The van der Waals surface area contributed by atoms with Crippen LogP contribution in [0.15, 0.2) is 28.9 Å². The van der Waals surface area contributed by atoms with Crippen molar-refractivity contribution >= 4 is 17.7 Å². The van der Waals surface area contributed by atoms with Crippen LogP contribution in [-0.2, 0) is 14.3 Å². The van der Waals surface area contributed by atoms with Crippen molar-refractivity contribution in [2.24, 2.45) is 4.99 Å². The van der Waals surface area contributed by atoms with Crippen molar-refractivity contribution in [3.8, 4) is 0 Å². The molecule has 0 fully saturated rings. The van der Waals surface area contributed by atoms with E-state index >= 15 is 0 Å². The molecule has 0 spiro atoms. The number of allylic oxidation sites excluding steroid dienone is 3. The summed E-state index contributed by atoms with van der Waals surface area (Å²) in [5.41, 5.74) is 0.810. The molecule has 2 rings (SSSR count). The lowest BCUT2D eigenvalue weighted by Crippen LogP contribution is -2.43. The third-order valence-corrected chi connectivity index (χ3v) is 2.44. The molecule has 0 aliphatic carbocycles. The van der Waals surface area contributed by atoms with Crippen LogP contribution in [0.1, 0.15) is 13.8 Å². The van der Waals surface area contributed by atoms with Crippen LogP contribution in [0.25, 0.3) is 0 Å². The molecule has 16 heavy (non-hydrogen) atoms. The lowest BCUT2D eigenvalue weighted by Gasteiger charge is -2.26. The van der Waals surface area contributed by atoms with E-state index in [2.05, 4.69) is 4.99 Å². The third-order valence-electron chi connectivity index (χ3n) is 2.44. The second-order valence-electron chi connectivity index (χ2n) is 3.50. The largest absolute Gasteiger partial charge is 0.464 e. The summed E-state index contributed by atoms with van der Waals surface area (Å²) < 4.78 is 4.87. The summed E-state index contributed by atoms with van der Waals surface area (Å²) in [4.78, 5) is 28.7. The molecule has 5 heteroatoms. The highest BCUT2D eigenvalue weighted by atomic mass is 16.5. The first kappa shape index (κ1) is 10.6. The first-order valence-corrected chi connectivity index (χ1v) is 5.08. The van der Waals surface area contributed by atoms with Crippen molar-refractivity contribution in [1.82, 2.24) is 4.90 Å². The molecule has 2 heterocycles. The zero-order valence-corrected chi connectivity index (χ0v) is 9.14. The molecule has 84 valence electrons. The number of amidine groups is 1. The molecule has 1 amide bonds. The SMILES string of the molecule is CCOC(=O)C1C(=O)N=C2C=CC=C(C)N21. The number of esters is 1. The van der Waals surface area contributed by atoms with Gasteiger partial charge in [-0.2, -0.15) is 4.99 Å². The van der Waals surface area contributed by atoms with Crippen LogP contribution in [0.5, 0.6) is 0 Å². The van der Waals surface area contributed by atoms with E-state index in [1.54, 1.807) is 24.0 Å². The molecule has 5 nitrogen and oxygen atoms in total. The van der Waals surface area contributed by atoms with Gasteiger partial charge < -0.3 is 9.64 Å². The highest BCUT2D eigenvalue weighted by Gasteiger charge is 2.42. The number of aliphatic imine (C=N–C) groups is 1. The number of carbonyl (C=O) groups is 2. The minimum absolute atomic E-state index is 0.254. The van der Waals surface area contributed by atoms with E-state index in [1.807, 2.05) is 13.0 Å². The Hall–Kier alpha value is -1.91. The number of ether oxygens (including phenoxy) is 1. The summed E-state index contributed by atoms with van der Waals surface area (Å²) in [5, 5.41) is 0. The molecular formula is C11H12N2O3. The predicted molar refractivity (Wildman–Crippen MR) is 57.6 cm³/mol. The van der Waals surface area contributed by atoms with E-state index in [1.165, 1.54) is 0 Å². The van der Waals surface area contributed by atoms with Gasteiger partial charge in [0.1, 0.15) is 5.84 Å². The van der Waals surface area contributed by atoms with Crippen molar-refractivity contribution in [3.05, 3.63) is 23.9 Å². The quantitative estimate of drug-likeness (QED) is 0.506. The summed E-state index contributed by atoms with van der Waals surface area (Å²) in [6.07, 6.45) is 5.32. The number of rotatable bonds is 2. The van der Waals surface area contributed by atoms with Crippen LogP contribution in [0, 0.1) is 0 Å². The Morgan fingerprint density at radius 2 is 2.38 bits per heavy atom. The Bertz CT molecular complexity index is 435. The van der Waals surface area contributed by atoms with Gasteiger partial charge in [0.2, 0.25) is 6.04 Å². The van der Waals surface area contributed by atoms with Gasteiger partial charge >= 0.3 is 5.97 Å². The van der Waals surface area contributed by atoms with Crippen molar-refractivity contribution in [2.45, 2.75) is 19.9 Å². The maximum absolute atomic E-state index is 11.6. The first-order chi connectivity index (χ1) is 7.65. The van der Waals surface area contributed by atoms with Crippen LogP contribution < -0.4 is 0 Å². The highest BCUT2D eigenvalue weighted by molar-refractivity contribution is 6.17. The van der Waals surface area contributed by atoms with Gasteiger partial charge in [0.05, 0.1) is 6.61 Å². The number of hydrogen-bond donors (Lipinski definition) is 0. The lowest BCUT2D eigenvalue weighted by atomic mass is 10.2. The summed E-state index contributed by atoms with van der Waals surface area (Å²) in [5.74, 6) is -0.509. The molecule has 0 aromatic heterocycles. The smallest absolute Gasteiger partial charge is 0.339 e. The van der Waals surface area contributed by atoms with Crippen LogP contribution >= 0.6 is 0 Å². The van der Waals surface area contributed by atoms with Crippen LogP contribution in [0.2, 0.25) is 0 Å². The Balaban J connectivity index is 2.29. The summed E-state index contributed by atoms with van der Waals surface area (Å²) >= 11 is 0. The standard InChI is InChI=1S/C11H12N2O3/c1-3-16-11(15)9-10(14)12-8-6-4-5-7(2)13(8)9/h4-6,9H,3H2,1-2H3. The zero-order chi connectivity index (χ0) is 11.7. The minimum Gasteiger partial charge on any atom is -0.464 e. The monoisotopic (exact) mass is 220 g/mol. The fraction of sp³-hybridized carbons (Fsp3) is 0.364. The maximum Gasteiger partial charge on any atom is 0.339 e. The molecule has 0 N–H and O–H groups in total. The fourth-order valence-corrected chi connectivity index (χ4v) is 1.75. The van der Waals surface area contributed by atoms with Gasteiger partial charge in [0.15, 0.2) is 0 Å². The van der Waals surface area contributed by atoms with E-state index in [-0.39, 0.29) is 6.61 Å². The summed E-state index contributed by atoms with van der Waals surface area (Å²) in [6.45, 7) is 3.78. The van der Waals surface area contributed by atoms with Crippen LogP contribution in [0.4, 0.5) is 0 Å². The Morgan fingerprint density at radius 1 is 1.62 bits per heavy atom. The second-order valence-corrected chi connectivity index (χ2v) is 3.50. The van der Waals surface area contributed by atoms with E-state index in [0.717, 1.165) is 5.70 Å². The van der Waals surface area contributed by atoms with Crippen LogP contribution in [-0.4, -0.2) is 35.3 Å². The number of amides is 1. The molecule has 0 saturated heterocycles. The Labute approximate surface area is 93.1 Å². The van der Waals surface area contributed by atoms with E-state index in [0.29, 0.717) is 5.84 Å². The van der Waals surface area contributed by atoms with Crippen LogP contribution in [0.3, 0.4) is 0 Å². The van der Waals surface area contributed by atoms with Crippen molar-refractivity contribution in [3.63, 3.8) is 0 Å². The van der Waals surface area contributed by atoms with Gasteiger partial charge in [-0.05, 0) is 26.0 Å². The first-order valence-electron chi connectivity index (χ1n) is 5.08. The summed E-state index contributed by atoms with van der Waals surface area (Å²) in [6, 6.07) is -0.948. The van der Waals surface area contributed by atoms with Crippen molar-refractivity contribution in [1.29, 1.82) is 0 Å².